The number of halogens is 2. The van der Waals surface area contributed by atoms with E-state index in [0.29, 0.717) is 13.1 Å². The van der Waals surface area contributed by atoms with E-state index in [1.807, 2.05) is 13.8 Å². The Morgan fingerprint density at radius 1 is 1.37 bits per heavy atom. The van der Waals surface area contributed by atoms with Gasteiger partial charge in [-0.2, -0.15) is 0 Å². The minimum atomic E-state index is -1.08. The smallest absolute Gasteiger partial charge is 0.325 e. The maximum Gasteiger partial charge on any atom is 0.325 e. The van der Waals surface area contributed by atoms with E-state index in [0.717, 1.165) is 12.8 Å². The molecule has 106 valence electrons. The van der Waals surface area contributed by atoms with Crippen molar-refractivity contribution in [1.82, 2.24) is 4.90 Å². The standard InChI is InChI=1S/C14H19ClFNO2/c1-3-8-17(9-4-2)13(14(18)19)12-10(15)6-5-7-11(12)16/h5-7,13H,3-4,8-9H2,1-2H3,(H,18,19). The van der Waals surface area contributed by atoms with Crippen molar-refractivity contribution in [3.8, 4) is 0 Å². The van der Waals surface area contributed by atoms with Crippen molar-refractivity contribution < 1.29 is 14.3 Å². The van der Waals surface area contributed by atoms with Crippen LogP contribution >= 0.6 is 11.6 Å². The second-order valence-electron chi connectivity index (χ2n) is 4.41. The number of rotatable bonds is 7. The molecule has 0 aliphatic rings. The van der Waals surface area contributed by atoms with Crippen molar-refractivity contribution in [3.63, 3.8) is 0 Å². The van der Waals surface area contributed by atoms with Crippen LogP contribution in [0.5, 0.6) is 0 Å². The highest BCUT2D eigenvalue weighted by Gasteiger charge is 2.30. The van der Waals surface area contributed by atoms with Gasteiger partial charge in [0.1, 0.15) is 11.9 Å². The van der Waals surface area contributed by atoms with Gasteiger partial charge in [-0.3, -0.25) is 9.69 Å². The highest BCUT2D eigenvalue weighted by atomic mass is 35.5. The van der Waals surface area contributed by atoms with E-state index in [1.54, 1.807) is 4.90 Å². The van der Waals surface area contributed by atoms with Crippen LogP contribution in [-0.2, 0) is 4.79 Å². The zero-order chi connectivity index (χ0) is 14.4. The van der Waals surface area contributed by atoms with Crippen LogP contribution in [-0.4, -0.2) is 29.1 Å². The fourth-order valence-corrected chi connectivity index (χ4v) is 2.44. The Morgan fingerprint density at radius 2 is 1.95 bits per heavy atom. The maximum atomic E-state index is 13.9. The van der Waals surface area contributed by atoms with E-state index < -0.39 is 17.8 Å². The number of carboxylic acids is 1. The van der Waals surface area contributed by atoms with E-state index in [4.69, 9.17) is 11.6 Å². The van der Waals surface area contributed by atoms with E-state index in [2.05, 4.69) is 0 Å². The second-order valence-corrected chi connectivity index (χ2v) is 4.82. The number of carboxylic acid groups (broad SMARTS) is 1. The zero-order valence-electron chi connectivity index (χ0n) is 11.2. The molecule has 0 bridgehead atoms. The third kappa shape index (κ3) is 3.91. The Hall–Kier alpha value is -1.13. The molecule has 1 rings (SSSR count). The van der Waals surface area contributed by atoms with Gasteiger partial charge in [0.25, 0.3) is 0 Å². The van der Waals surface area contributed by atoms with Gasteiger partial charge in [-0.05, 0) is 38.1 Å². The topological polar surface area (TPSA) is 40.5 Å². The molecule has 1 aromatic carbocycles. The summed E-state index contributed by atoms with van der Waals surface area (Å²) in [6.07, 6.45) is 1.60. The van der Waals surface area contributed by atoms with Gasteiger partial charge in [0, 0.05) is 10.6 Å². The molecule has 0 aliphatic heterocycles. The first-order valence-electron chi connectivity index (χ1n) is 6.43. The Morgan fingerprint density at radius 3 is 2.37 bits per heavy atom. The van der Waals surface area contributed by atoms with Gasteiger partial charge in [-0.1, -0.05) is 31.5 Å². The molecule has 3 nitrogen and oxygen atoms in total. The molecule has 0 spiro atoms. The normalized spacial score (nSPS) is 12.7. The SMILES string of the molecule is CCCN(CCC)C(C(=O)O)c1c(F)cccc1Cl. The van der Waals surface area contributed by atoms with E-state index in [9.17, 15) is 14.3 Å². The summed E-state index contributed by atoms with van der Waals surface area (Å²) in [6, 6.07) is 3.21. The molecule has 0 heterocycles. The molecule has 0 aromatic heterocycles. The highest BCUT2D eigenvalue weighted by molar-refractivity contribution is 6.31. The number of carbonyl (C=O) groups is 1. The van der Waals surface area contributed by atoms with Gasteiger partial charge in [0.15, 0.2) is 0 Å². The van der Waals surface area contributed by atoms with Crippen LogP contribution in [0.3, 0.4) is 0 Å². The van der Waals surface area contributed by atoms with E-state index in [-0.39, 0.29) is 10.6 Å². The van der Waals surface area contributed by atoms with Crippen molar-refractivity contribution in [3.05, 3.63) is 34.6 Å². The number of nitrogens with zero attached hydrogens (tertiary/aromatic N) is 1. The molecule has 19 heavy (non-hydrogen) atoms. The summed E-state index contributed by atoms with van der Waals surface area (Å²) in [5.74, 6) is -1.65. The minimum Gasteiger partial charge on any atom is -0.480 e. The fourth-order valence-electron chi connectivity index (χ4n) is 2.18. The Bertz CT molecular complexity index is 413. The lowest BCUT2D eigenvalue weighted by Gasteiger charge is -2.29. The van der Waals surface area contributed by atoms with Crippen LogP contribution in [0.2, 0.25) is 5.02 Å². The Balaban J connectivity index is 3.22. The number of hydrogen-bond acceptors (Lipinski definition) is 2. The van der Waals surface area contributed by atoms with Crippen molar-refractivity contribution in [2.75, 3.05) is 13.1 Å². The summed E-state index contributed by atoms with van der Waals surface area (Å²) in [4.78, 5) is 13.3. The molecule has 0 fully saturated rings. The van der Waals surface area contributed by atoms with E-state index >= 15 is 0 Å². The first kappa shape index (κ1) is 15.9. The molecule has 0 aliphatic carbocycles. The first-order chi connectivity index (χ1) is 9.02. The summed E-state index contributed by atoms with van der Waals surface area (Å²) in [5, 5.41) is 9.59. The van der Waals surface area contributed by atoms with Gasteiger partial charge < -0.3 is 5.11 Å². The molecule has 0 saturated carbocycles. The van der Waals surface area contributed by atoms with Crippen molar-refractivity contribution in [2.24, 2.45) is 0 Å². The Kier molecular flexibility index (Phi) is 6.25. The molecule has 1 atom stereocenters. The molecule has 5 heteroatoms. The van der Waals surface area contributed by atoms with Gasteiger partial charge in [-0.15, -0.1) is 0 Å². The quantitative estimate of drug-likeness (QED) is 0.831. The molecular formula is C14H19ClFNO2. The fraction of sp³-hybridized carbons (Fsp3) is 0.500. The number of benzene rings is 1. The van der Waals surface area contributed by atoms with Crippen LogP contribution in [0.15, 0.2) is 18.2 Å². The highest BCUT2D eigenvalue weighted by Crippen LogP contribution is 2.30. The first-order valence-corrected chi connectivity index (χ1v) is 6.81. The van der Waals surface area contributed by atoms with Crippen LogP contribution in [0.4, 0.5) is 4.39 Å². The largest absolute Gasteiger partial charge is 0.480 e. The minimum absolute atomic E-state index is 0.0542. The summed E-state index contributed by atoms with van der Waals surface area (Å²) < 4.78 is 13.9. The van der Waals surface area contributed by atoms with Crippen LogP contribution in [0.1, 0.15) is 38.3 Å². The predicted molar refractivity (Wildman–Crippen MR) is 73.9 cm³/mol. The molecule has 1 N–H and O–H groups in total. The maximum absolute atomic E-state index is 13.9. The molecular weight excluding hydrogens is 269 g/mol. The summed E-state index contributed by atoms with van der Waals surface area (Å²) in [7, 11) is 0. The van der Waals surface area contributed by atoms with Crippen molar-refractivity contribution in [2.45, 2.75) is 32.7 Å². The van der Waals surface area contributed by atoms with Gasteiger partial charge in [-0.25, -0.2) is 4.39 Å². The third-order valence-corrected chi connectivity index (χ3v) is 3.22. The number of hydrogen-bond donors (Lipinski definition) is 1. The average Bonchev–Trinajstić information content (AvgIpc) is 2.33. The van der Waals surface area contributed by atoms with E-state index in [1.165, 1.54) is 18.2 Å². The molecule has 1 unspecified atom stereocenters. The summed E-state index contributed by atoms with van der Waals surface area (Å²) in [6.45, 7) is 5.11. The lowest BCUT2D eigenvalue weighted by atomic mass is 10.0. The lowest BCUT2D eigenvalue weighted by molar-refractivity contribution is -0.143. The average molecular weight is 288 g/mol. The van der Waals surface area contributed by atoms with Crippen LogP contribution in [0.25, 0.3) is 0 Å². The van der Waals surface area contributed by atoms with Crippen molar-refractivity contribution in [1.29, 1.82) is 0 Å². The molecule has 0 radical (unpaired) electrons. The van der Waals surface area contributed by atoms with Crippen LogP contribution < -0.4 is 0 Å². The van der Waals surface area contributed by atoms with Crippen molar-refractivity contribution >= 4 is 17.6 Å². The zero-order valence-corrected chi connectivity index (χ0v) is 12.0. The van der Waals surface area contributed by atoms with Gasteiger partial charge >= 0.3 is 5.97 Å². The Labute approximate surface area is 118 Å². The summed E-state index contributed by atoms with van der Waals surface area (Å²) >= 11 is 5.98. The number of aliphatic carboxylic acids is 1. The van der Waals surface area contributed by atoms with Gasteiger partial charge in [0.05, 0.1) is 0 Å². The lowest BCUT2D eigenvalue weighted by Crippen LogP contribution is -2.36. The monoisotopic (exact) mass is 287 g/mol. The molecule has 0 amide bonds. The second kappa shape index (κ2) is 7.46. The molecule has 0 saturated heterocycles. The third-order valence-electron chi connectivity index (χ3n) is 2.89. The molecule has 1 aromatic rings. The predicted octanol–water partition coefficient (Wildman–Crippen LogP) is 3.73. The summed E-state index contributed by atoms with van der Waals surface area (Å²) in [5.41, 5.74) is 0.0542. The van der Waals surface area contributed by atoms with Gasteiger partial charge in [0.2, 0.25) is 0 Å². The van der Waals surface area contributed by atoms with Crippen LogP contribution in [0, 0.1) is 5.82 Å².